The average Bonchev–Trinajstić information content (AvgIpc) is 2.95. The number of nitrogens with one attached hydrogen (secondary N) is 1. The van der Waals surface area contributed by atoms with E-state index in [2.05, 4.69) is 37.4 Å². The van der Waals surface area contributed by atoms with Crippen LogP contribution < -0.4 is 19.7 Å². The predicted molar refractivity (Wildman–Crippen MR) is 150 cm³/mol. The van der Waals surface area contributed by atoms with Crippen LogP contribution in [0.4, 0.5) is 15.9 Å². The number of anilines is 2. The summed E-state index contributed by atoms with van der Waals surface area (Å²) in [7, 11) is 3.24. The summed E-state index contributed by atoms with van der Waals surface area (Å²) in [6.45, 7) is 4.71. The Morgan fingerprint density at radius 2 is 1.62 bits per heavy atom. The molecule has 3 aromatic carbocycles. The van der Waals surface area contributed by atoms with E-state index in [-0.39, 0.29) is 18.1 Å². The maximum absolute atomic E-state index is 14.1. The molecular weight excluding hydrogens is 497 g/mol. The van der Waals surface area contributed by atoms with Gasteiger partial charge in [0.25, 0.3) is 0 Å². The maximum Gasteiger partial charge on any atom is 0.238 e. The number of halogens is 1. The van der Waals surface area contributed by atoms with Crippen LogP contribution in [0.1, 0.15) is 16.8 Å². The van der Waals surface area contributed by atoms with Gasteiger partial charge in [-0.1, -0.05) is 36.4 Å². The van der Waals surface area contributed by atoms with E-state index in [1.54, 1.807) is 26.4 Å². The van der Waals surface area contributed by atoms with Gasteiger partial charge in [0.15, 0.2) is 17.3 Å². The lowest BCUT2D eigenvalue weighted by Gasteiger charge is -2.35. The number of ether oxygens (including phenoxy) is 2. The second kappa shape index (κ2) is 11.7. The molecule has 0 atom stereocenters. The number of carbonyl (C=O) groups is 1. The maximum atomic E-state index is 14.1. The van der Waals surface area contributed by atoms with Gasteiger partial charge in [-0.3, -0.25) is 9.69 Å². The van der Waals surface area contributed by atoms with Crippen LogP contribution in [0.3, 0.4) is 0 Å². The second-order valence-electron chi connectivity index (χ2n) is 9.68. The number of aryl methyl sites for hydroxylation is 1. The molecule has 9 heteroatoms. The van der Waals surface area contributed by atoms with E-state index in [0.29, 0.717) is 44.1 Å². The minimum atomic E-state index is -0.438. The quantitative estimate of drug-likeness (QED) is 0.361. The Balaban J connectivity index is 1.34. The van der Waals surface area contributed by atoms with Gasteiger partial charge in [0.1, 0.15) is 5.82 Å². The van der Waals surface area contributed by atoms with Gasteiger partial charge in [0.05, 0.1) is 32.1 Å². The van der Waals surface area contributed by atoms with Gasteiger partial charge in [-0.25, -0.2) is 4.39 Å². The van der Waals surface area contributed by atoms with Gasteiger partial charge in [0, 0.05) is 43.4 Å². The van der Waals surface area contributed by atoms with E-state index in [1.165, 1.54) is 6.07 Å². The summed E-state index contributed by atoms with van der Waals surface area (Å²) in [5.74, 6) is 1.36. The zero-order valence-electron chi connectivity index (χ0n) is 22.4. The van der Waals surface area contributed by atoms with Crippen LogP contribution in [-0.4, -0.2) is 67.9 Å². The molecule has 1 aliphatic heterocycles. The summed E-state index contributed by atoms with van der Waals surface area (Å²) >= 11 is 0. The van der Waals surface area contributed by atoms with Crippen molar-refractivity contribution in [2.75, 3.05) is 57.2 Å². The Morgan fingerprint density at radius 3 is 2.31 bits per heavy atom. The standard InChI is InChI=1S/C30H32FN5O3/c1-20-9-10-24(31)26(15-20)32-29(37)19-35-11-13-36(14-12-35)30-23-18-28(39-3)27(38-2)17-22(23)25(33-34-30)16-21-7-5-4-6-8-21/h4-10,15,17-18H,11-14,16,19H2,1-3H3,(H,32,37). The molecule has 1 saturated heterocycles. The largest absolute Gasteiger partial charge is 0.493 e. The van der Waals surface area contributed by atoms with E-state index < -0.39 is 5.82 Å². The summed E-state index contributed by atoms with van der Waals surface area (Å²) in [4.78, 5) is 16.8. The number of rotatable bonds is 8. The number of hydrogen-bond donors (Lipinski definition) is 1. The zero-order chi connectivity index (χ0) is 27.4. The Labute approximate surface area is 227 Å². The van der Waals surface area contributed by atoms with Gasteiger partial charge < -0.3 is 19.7 Å². The third-order valence-electron chi connectivity index (χ3n) is 6.99. The molecule has 5 rings (SSSR count). The number of fused-ring (bicyclic) bond motifs is 1. The van der Waals surface area contributed by atoms with Crippen LogP contribution in [0, 0.1) is 12.7 Å². The fraction of sp³-hybridized carbons (Fsp3) is 0.300. The first-order valence-corrected chi connectivity index (χ1v) is 12.9. The topological polar surface area (TPSA) is 79.8 Å². The number of nitrogens with zero attached hydrogens (tertiary/aromatic N) is 4. The molecule has 202 valence electrons. The Bertz CT molecular complexity index is 1470. The van der Waals surface area contributed by atoms with E-state index in [0.717, 1.165) is 33.4 Å². The van der Waals surface area contributed by atoms with Crippen molar-refractivity contribution in [1.82, 2.24) is 15.1 Å². The van der Waals surface area contributed by atoms with Gasteiger partial charge in [0.2, 0.25) is 5.91 Å². The van der Waals surface area contributed by atoms with Gasteiger partial charge >= 0.3 is 0 Å². The molecular formula is C30H32FN5O3. The fourth-order valence-electron chi connectivity index (χ4n) is 4.92. The summed E-state index contributed by atoms with van der Waals surface area (Å²) in [6, 6.07) is 18.8. The number of benzene rings is 3. The highest BCUT2D eigenvalue weighted by atomic mass is 19.1. The molecule has 1 aromatic heterocycles. The fourth-order valence-corrected chi connectivity index (χ4v) is 4.92. The van der Waals surface area contributed by atoms with Crippen LogP contribution in [0.5, 0.6) is 11.5 Å². The number of methoxy groups -OCH3 is 2. The lowest BCUT2D eigenvalue weighted by Crippen LogP contribution is -2.49. The third-order valence-corrected chi connectivity index (χ3v) is 6.99. The molecule has 8 nitrogen and oxygen atoms in total. The third kappa shape index (κ3) is 5.93. The molecule has 39 heavy (non-hydrogen) atoms. The first-order valence-electron chi connectivity index (χ1n) is 12.9. The number of aromatic nitrogens is 2. The van der Waals surface area contributed by atoms with Crippen molar-refractivity contribution in [3.05, 3.63) is 83.3 Å². The average molecular weight is 530 g/mol. The van der Waals surface area contributed by atoms with Crippen LogP contribution in [0.15, 0.2) is 60.7 Å². The highest BCUT2D eigenvalue weighted by molar-refractivity contribution is 5.96. The van der Waals surface area contributed by atoms with Gasteiger partial charge in [-0.15, -0.1) is 5.10 Å². The number of carbonyl (C=O) groups excluding carboxylic acids is 1. The molecule has 1 amide bonds. The molecule has 0 aliphatic carbocycles. The van der Waals surface area contributed by atoms with Crippen molar-refractivity contribution in [2.24, 2.45) is 0 Å². The summed E-state index contributed by atoms with van der Waals surface area (Å²) < 4.78 is 25.2. The molecule has 0 bridgehead atoms. The van der Waals surface area contributed by atoms with Crippen molar-refractivity contribution < 1.29 is 18.7 Å². The first kappa shape index (κ1) is 26.4. The predicted octanol–water partition coefficient (Wildman–Crippen LogP) is 4.45. The van der Waals surface area contributed by atoms with Crippen LogP contribution >= 0.6 is 0 Å². The molecule has 1 N–H and O–H groups in total. The molecule has 1 fully saturated rings. The Morgan fingerprint density at radius 1 is 0.923 bits per heavy atom. The number of amides is 1. The van der Waals surface area contributed by atoms with Crippen molar-refractivity contribution >= 4 is 28.2 Å². The van der Waals surface area contributed by atoms with Crippen molar-refractivity contribution in [3.8, 4) is 11.5 Å². The monoisotopic (exact) mass is 529 g/mol. The number of hydrogen-bond acceptors (Lipinski definition) is 7. The smallest absolute Gasteiger partial charge is 0.238 e. The first-order chi connectivity index (χ1) is 18.9. The molecule has 0 unspecified atom stereocenters. The molecule has 0 spiro atoms. The second-order valence-corrected chi connectivity index (χ2v) is 9.68. The Hall–Kier alpha value is -4.24. The minimum absolute atomic E-state index is 0.189. The molecule has 4 aromatic rings. The normalized spacial score (nSPS) is 13.9. The molecule has 1 aliphatic rings. The lowest BCUT2D eigenvalue weighted by atomic mass is 10.0. The van der Waals surface area contributed by atoms with Crippen LogP contribution in [0.25, 0.3) is 10.8 Å². The van der Waals surface area contributed by atoms with Crippen molar-refractivity contribution in [3.63, 3.8) is 0 Å². The van der Waals surface area contributed by atoms with E-state index in [4.69, 9.17) is 9.47 Å². The SMILES string of the molecule is COc1cc2c(Cc3ccccc3)nnc(N3CCN(CC(=O)Nc4cc(C)ccc4F)CC3)c2cc1OC. The highest BCUT2D eigenvalue weighted by Crippen LogP contribution is 2.37. The van der Waals surface area contributed by atoms with Crippen LogP contribution in [-0.2, 0) is 11.2 Å². The summed E-state index contributed by atoms with van der Waals surface area (Å²) in [5, 5.41) is 13.9. The van der Waals surface area contributed by atoms with Gasteiger partial charge in [-0.2, -0.15) is 5.10 Å². The molecule has 0 radical (unpaired) electrons. The summed E-state index contributed by atoms with van der Waals surface area (Å²) in [6.07, 6.45) is 0.643. The Kier molecular flexibility index (Phi) is 7.88. The molecule has 0 saturated carbocycles. The van der Waals surface area contributed by atoms with Crippen molar-refractivity contribution in [2.45, 2.75) is 13.3 Å². The molecule has 2 heterocycles. The number of piperazine rings is 1. The minimum Gasteiger partial charge on any atom is -0.493 e. The van der Waals surface area contributed by atoms with E-state index in [9.17, 15) is 9.18 Å². The lowest BCUT2D eigenvalue weighted by molar-refractivity contribution is -0.117. The van der Waals surface area contributed by atoms with Gasteiger partial charge in [-0.05, 0) is 42.3 Å². The van der Waals surface area contributed by atoms with Crippen LogP contribution in [0.2, 0.25) is 0 Å². The highest BCUT2D eigenvalue weighted by Gasteiger charge is 2.24. The van der Waals surface area contributed by atoms with Crippen molar-refractivity contribution in [1.29, 1.82) is 0 Å². The van der Waals surface area contributed by atoms with E-state index >= 15 is 0 Å². The zero-order valence-corrected chi connectivity index (χ0v) is 22.4. The summed E-state index contributed by atoms with van der Waals surface area (Å²) in [5.41, 5.74) is 3.10. The van der Waals surface area contributed by atoms with E-state index in [1.807, 2.05) is 37.3 Å².